The van der Waals surface area contributed by atoms with Gasteiger partial charge in [0.15, 0.2) is 0 Å². The van der Waals surface area contributed by atoms with Crippen LogP contribution >= 0.6 is 0 Å². The van der Waals surface area contributed by atoms with Gasteiger partial charge in [-0.25, -0.2) is 4.79 Å². The molecule has 5 nitrogen and oxygen atoms in total. The Hall–Kier alpha value is -2.37. The molecule has 2 aromatic rings. The lowest BCUT2D eigenvalue weighted by Gasteiger charge is -2.46. The van der Waals surface area contributed by atoms with Gasteiger partial charge in [-0.15, -0.1) is 0 Å². The number of rotatable bonds is 3. The van der Waals surface area contributed by atoms with E-state index >= 15 is 0 Å². The van der Waals surface area contributed by atoms with Gasteiger partial charge in [-0.3, -0.25) is 4.90 Å². The first kappa shape index (κ1) is 17.1. The summed E-state index contributed by atoms with van der Waals surface area (Å²) in [6.45, 7) is 1.53. The average molecular weight is 352 g/mol. The Morgan fingerprint density at radius 3 is 2.04 bits per heavy atom. The van der Waals surface area contributed by atoms with E-state index in [4.69, 9.17) is 0 Å². The quantitative estimate of drug-likeness (QED) is 0.891. The summed E-state index contributed by atoms with van der Waals surface area (Å²) in [5, 5.41) is 19.8. The third-order valence-electron chi connectivity index (χ3n) is 5.67. The van der Waals surface area contributed by atoms with Crippen molar-refractivity contribution in [2.24, 2.45) is 0 Å². The smallest absolute Gasteiger partial charge is 0.407 e. The first-order valence-electron chi connectivity index (χ1n) is 9.15. The summed E-state index contributed by atoms with van der Waals surface area (Å²) in [4.78, 5) is 15.6. The predicted octanol–water partition coefficient (Wildman–Crippen LogP) is 2.62. The lowest BCUT2D eigenvalue weighted by Crippen LogP contribution is -2.59. The minimum Gasteiger partial charge on any atom is -0.465 e. The highest BCUT2D eigenvalue weighted by Crippen LogP contribution is 2.37. The maximum absolute atomic E-state index is 11.7. The van der Waals surface area contributed by atoms with Crippen LogP contribution < -0.4 is 0 Å². The van der Waals surface area contributed by atoms with Gasteiger partial charge in [0.1, 0.15) is 0 Å². The van der Waals surface area contributed by atoms with Gasteiger partial charge in [-0.2, -0.15) is 0 Å². The van der Waals surface area contributed by atoms with Crippen molar-refractivity contribution >= 4 is 6.09 Å². The van der Waals surface area contributed by atoms with E-state index in [-0.39, 0.29) is 24.1 Å². The second kappa shape index (κ2) is 7.09. The largest absolute Gasteiger partial charge is 0.465 e. The van der Waals surface area contributed by atoms with Crippen molar-refractivity contribution in [3.8, 4) is 0 Å². The molecule has 2 aromatic carbocycles. The first-order valence-corrected chi connectivity index (χ1v) is 9.15. The van der Waals surface area contributed by atoms with Crippen molar-refractivity contribution in [3.05, 3.63) is 71.8 Å². The van der Waals surface area contributed by atoms with Crippen LogP contribution in [0.25, 0.3) is 0 Å². The fourth-order valence-corrected chi connectivity index (χ4v) is 4.57. The molecule has 0 saturated carbocycles. The van der Waals surface area contributed by atoms with Crippen molar-refractivity contribution in [2.75, 3.05) is 19.6 Å². The molecular formula is C21H24N2O3. The topological polar surface area (TPSA) is 64.0 Å². The molecule has 2 saturated heterocycles. The van der Waals surface area contributed by atoms with Crippen LogP contribution in [-0.2, 0) is 0 Å². The lowest BCUT2D eigenvalue weighted by atomic mass is 9.82. The third kappa shape index (κ3) is 3.20. The van der Waals surface area contributed by atoms with E-state index in [0.717, 1.165) is 0 Å². The number of hydrogen-bond donors (Lipinski definition) is 2. The van der Waals surface area contributed by atoms with E-state index in [0.29, 0.717) is 26.1 Å². The summed E-state index contributed by atoms with van der Waals surface area (Å²) in [6, 6.07) is 20.6. The van der Waals surface area contributed by atoms with Crippen LogP contribution in [0, 0.1) is 0 Å². The highest BCUT2D eigenvalue weighted by Gasteiger charge is 2.45. The van der Waals surface area contributed by atoms with Gasteiger partial charge >= 0.3 is 6.09 Å². The number of fused-ring (bicyclic) bond motifs is 1. The molecule has 0 bridgehead atoms. The van der Waals surface area contributed by atoms with Gasteiger partial charge in [0.05, 0.1) is 6.10 Å². The first-order chi connectivity index (χ1) is 12.6. The van der Waals surface area contributed by atoms with Gasteiger partial charge in [-0.1, -0.05) is 60.7 Å². The minimum atomic E-state index is -0.879. The van der Waals surface area contributed by atoms with Crippen LogP contribution in [0.15, 0.2) is 60.7 Å². The number of carboxylic acid groups (broad SMARTS) is 1. The second-order valence-electron chi connectivity index (χ2n) is 7.29. The zero-order valence-electron chi connectivity index (χ0n) is 14.6. The Morgan fingerprint density at radius 1 is 0.923 bits per heavy atom. The molecule has 0 aromatic heterocycles. The van der Waals surface area contributed by atoms with Gasteiger partial charge in [0.25, 0.3) is 0 Å². The number of nitrogens with zero attached hydrogens (tertiary/aromatic N) is 2. The molecule has 2 N–H and O–H groups in total. The van der Waals surface area contributed by atoms with Crippen molar-refractivity contribution in [2.45, 2.75) is 30.5 Å². The SMILES string of the molecule is O=C(O)N1C[C@@H]2C[C@H](O)CN2[C@H](C(c2ccccc2)c2ccccc2)C1. The van der Waals surface area contributed by atoms with Crippen molar-refractivity contribution < 1.29 is 15.0 Å². The molecule has 2 heterocycles. The van der Waals surface area contributed by atoms with Gasteiger partial charge in [-0.05, 0) is 17.5 Å². The predicted molar refractivity (Wildman–Crippen MR) is 99.2 cm³/mol. The fraction of sp³-hybridized carbons (Fsp3) is 0.381. The van der Waals surface area contributed by atoms with Gasteiger partial charge in [0.2, 0.25) is 0 Å². The summed E-state index contributed by atoms with van der Waals surface area (Å²) < 4.78 is 0. The van der Waals surface area contributed by atoms with E-state index in [9.17, 15) is 15.0 Å². The summed E-state index contributed by atoms with van der Waals surface area (Å²) in [6.07, 6.45) is -0.629. The standard InChI is InChI=1S/C21H24N2O3/c24-18-11-17-12-22(21(25)26)14-19(23(17)13-18)20(15-7-3-1-4-8-15)16-9-5-2-6-10-16/h1-10,17-20,24H,11-14H2,(H,25,26)/t17-,18-,19-/m0/s1. The fourth-order valence-electron chi connectivity index (χ4n) is 4.57. The second-order valence-corrected chi connectivity index (χ2v) is 7.29. The van der Waals surface area contributed by atoms with E-state index in [2.05, 4.69) is 29.2 Å². The molecule has 3 atom stereocenters. The minimum absolute atomic E-state index is 0.00630. The zero-order valence-corrected chi connectivity index (χ0v) is 14.6. The molecule has 1 amide bonds. The Kier molecular flexibility index (Phi) is 4.66. The highest BCUT2D eigenvalue weighted by atomic mass is 16.4. The summed E-state index contributed by atoms with van der Waals surface area (Å²) in [5.41, 5.74) is 2.35. The summed E-state index contributed by atoms with van der Waals surface area (Å²) in [7, 11) is 0. The number of benzene rings is 2. The maximum atomic E-state index is 11.7. The molecule has 5 heteroatoms. The van der Waals surface area contributed by atoms with Crippen LogP contribution in [0.2, 0.25) is 0 Å². The third-order valence-corrected chi connectivity index (χ3v) is 5.67. The van der Waals surface area contributed by atoms with E-state index in [1.165, 1.54) is 16.0 Å². The Morgan fingerprint density at radius 2 is 1.50 bits per heavy atom. The number of amides is 1. The molecule has 4 rings (SSSR count). The highest BCUT2D eigenvalue weighted by molar-refractivity contribution is 5.65. The van der Waals surface area contributed by atoms with Crippen LogP contribution in [0.3, 0.4) is 0 Å². The average Bonchev–Trinajstić information content (AvgIpc) is 3.04. The molecule has 136 valence electrons. The molecule has 26 heavy (non-hydrogen) atoms. The van der Waals surface area contributed by atoms with E-state index in [1.807, 2.05) is 36.4 Å². The monoisotopic (exact) mass is 352 g/mol. The Labute approximate surface area is 153 Å². The summed E-state index contributed by atoms with van der Waals surface area (Å²) in [5.74, 6) is 0.0624. The Balaban J connectivity index is 1.76. The van der Waals surface area contributed by atoms with Crippen molar-refractivity contribution in [1.82, 2.24) is 9.80 Å². The van der Waals surface area contributed by atoms with Crippen LogP contribution in [0.4, 0.5) is 4.79 Å². The molecule has 0 unspecified atom stereocenters. The van der Waals surface area contributed by atoms with Gasteiger partial charge < -0.3 is 15.1 Å². The molecular weight excluding hydrogens is 328 g/mol. The molecule has 0 spiro atoms. The van der Waals surface area contributed by atoms with Gasteiger partial charge in [0, 0.05) is 37.6 Å². The van der Waals surface area contributed by atoms with Crippen LogP contribution in [-0.4, -0.2) is 63.9 Å². The van der Waals surface area contributed by atoms with E-state index in [1.54, 1.807) is 0 Å². The van der Waals surface area contributed by atoms with E-state index < -0.39 is 6.09 Å². The molecule has 0 radical (unpaired) electrons. The lowest BCUT2D eigenvalue weighted by molar-refractivity contribution is 0.0412. The van der Waals surface area contributed by atoms with Crippen LogP contribution in [0.5, 0.6) is 0 Å². The number of piperazine rings is 1. The Bertz CT molecular complexity index is 713. The molecule has 0 aliphatic carbocycles. The zero-order chi connectivity index (χ0) is 18.1. The molecule has 2 aliphatic heterocycles. The molecule has 2 aliphatic rings. The van der Waals surface area contributed by atoms with Crippen molar-refractivity contribution in [3.63, 3.8) is 0 Å². The molecule has 2 fully saturated rings. The van der Waals surface area contributed by atoms with Crippen LogP contribution in [0.1, 0.15) is 23.5 Å². The summed E-state index contributed by atoms with van der Waals surface area (Å²) >= 11 is 0. The van der Waals surface area contributed by atoms with Crippen molar-refractivity contribution in [1.29, 1.82) is 0 Å². The normalized spacial score (nSPS) is 26.1. The number of aliphatic hydroxyl groups is 1. The maximum Gasteiger partial charge on any atom is 0.407 e. The number of aliphatic hydroxyl groups excluding tert-OH is 1. The number of hydrogen-bond acceptors (Lipinski definition) is 3. The number of carbonyl (C=O) groups is 1.